The molecule has 0 radical (unpaired) electrons. The van der Waals surface area contributed by atoms with Gasteiger partial charge in [0.05, 0.1) is 17.3 Å². The minimum absolute atomic E-state index is 0.115. The molecule has 0 aliphatic rings. The molecule has 0 atom stereocenters. The summed E-state index contributed by atoms with van der Waals surface area (Å²) in [6.07, 6.45) is 0. The first-order valence-corrected chi connectivity index (χ1v) is 6.27. The van der Waals surface area contributed by atoms with Gasteiger partial charge in [-0.1, -0.05) is 23.2 Å². The van der Waals surface area contributed by atoms with Crippen molar-refractivity contribution in [2.45, 2.75) is 0 Å². The van der Waals surface area contributed by atoms with Gasteiger partial charge < -0.3 is 10.4 Å². The number of benzene rings is 1. The van der Waals surface area contributed by atoms with Crippen molar-refractivity contribution in [3.8, 4) is 11.3 Å². The van der Waals surface area contributed by atoms with Crippen LogP contribution >= 0.6 is 23.2 Å². The molecule has 0 saturated heterocycles. The molecule has 7 heteroatoms. The summed E-state index contributed by atoms with van der Waals surface area (Å²) in [4.78, 5) is 11.6. The maximum atomic E-state index is 11.6. The van der Waals surface area contributed by atoms with Gasteiger partial charge in [0.1, 0.15) is 5.69 Å². The van der Waals surface area contributed by atoms with E-state index in [1.165, 1.54) is 0 Å². The fourth-order valence-corrected chi connectivity index (χ4v) is 2.04. The van der Waals surface area contributed by atoms with E-state index < -0.39 is 0 Å². The molecule has 0 aliphatic carbocycles. The van der Waals surface area contributed by atoms with E-state index in [0.29, 0.717) is 27.0 Å². The van der Waals surface area contributed by atoms with Crippen molar-refractivity contribution in [3.05, 3.63) is 40.0 Å². The molecule has 1 aromatic carbocycles. The molecule has 100 valence electrons. The first-order valence-electron chi connectivity index (χ1n) is 5.51. The molecule has 0 unspecified atom stereocenters. The minimum atomic E-state index is -0.335. The molecule has 0 fully saturated rings. The predicted molar refractivity (Wildman–Crippen MR) is 73.5 cm³/mol. The zero-order valence-electron chi connectivity index (χ0n) is 9.78. The second-order valence-corrected chi connectivity index (χ2v) is 4.61. The molecule has 0 bridgehead atoms. The smallest absolute Gasteiger partial charge is 0.269 e. The highest BCUT2D eigenvalue weighted by Crippen LogP contribution is 2.29. The normalized spacial score (nSPS) is 10.5. The summed E-state index contributed by atoms with van der Waals surface area (Å²) in [5.74, 6) is -0.335. The van der Waals surface area contributed by atoms with Crippen LogP contribution in [0, 0.1) is 0 Å². The lowest BCUT2D eigenvalue weighted by Gasteiger charge is -2.00. The van der Waals surface area contributed by atoms with Crippen molar-refractivity contribution in [2.24, 2.45) is 0 Å². The minimum Gasteiger partial charge on any atom is -0.395 e. The maximum absolute atomic E-state index is 11.6. The van der Waals surface area contributed by atoms with E-state index in [0.717, 1.165) is 0 Å². The molecule has 0 spiro atoms. The van der Waals surface area contributed by atoms with Crippen LogP contribution in [-0.2, 0) is 0 Å². The summed E-state index contributed by atoms with van der Waals surface area (Å²) in [7, 11) is 0. The van der Waals surface area contributed by atoms with Gasteiger partial charge in [-0.2, -0.15) is 5.10 Å². The summed E-state index contributed by atoms with van der Waals surface area (Å²) >= 11 is 11.9. The van der Waals surface area contributed by atoms with Gasteiger partial charge >= 0.3 is 0 Å². The number of carbonyl (C=O) groups is 1. The van der Waals surface area contributed by atoms with Crippen LogP contribution in [0.15, 0.2) is 24.3 Å². The highest BCUT2D eigenvalue weighted by Gasteiger charge is 2.12. The van der Waals surface area contributed by atoms with Crippen LogP contribution in [-0.4, -0.2) is 34.4 Å². The van der Waals surface area contributed by atoms with Gasteiger partial charge in [-0.3, -0.25) is 9.89 Å². The van der Waals surface area contributed by atoms with Crippen LogP contribution in [0.5, 0.6) is 0 Å². The van der Waals surface area contributed by atoms with Crippen molar-refractivity contribution >= 4 is 29.1 Å². The highest BCUT2D eigenvalue weighted by molar-refractivity contribution is 6.36. The van der Waals surface area contributed by atoms with Crippen molar-refractivity contribution in [1.29, 1.82) is 0 Å². The van der Waals surface area contributed by atoms with E-state index in [-0.39, 0.29) is 19.1 Å². The van der Waals surface area contributed by atoms with E-state index in [4.69, 9.17) is 28.3 Å². The number of hydrogen-bond donors (Lipinski definition) is 3. The summed E-state index contributed by atoms with van der Waals surface area (Å²) in [6, 6.07) is 6.62. The van der Waals surface area contributed by atoms with E-state index in [9.17, 15) is 4.79 Å². The molecule has 3 N–H and O–H groups in total. The van der Waals surface area contributed by atoms with Gasteiger partial charge in [-0.05, 0) is 24.3 Å². The van der Waals surface area contributed by atoms with Gasteiger partial charge in [0.2, 0.25) is 0 Å². The molecule has 1 heterocycles. The average Bonchev–Trinajstić information content (AvgIpc) is 2.85. The lowest BCUT2D eigenvalue weighted by Crippen LogP contribution is -2.26. The first-order chi connectivity index (χ1) is 9.11. The number of aliphatic hydroxyl groups is 1. The van der Waals surface area contributed by atoms with Crippen LogP contribution in [0.4, 0.5) is 0 Å². The number of hydrogen-bond acceptors (Lipinski definition) is 3. The standard InChI is InChI=1S/C12H11Cl2N3O2/c13-7-1-2-8(9(14)5-7)10-6-11(17-16-10)12(19)15-3-4-18/h1-2,5-6,18H,3-4H2,(H,15,19)(H,16,17). The molecular formula is C12H11Cl2N3O2. The van der Waals surface area contributed by atoms with Gasteiger partial charge in [0, 0.05) is 17.1 Å². The summed E-state index contributed by atoms with van der Waals surface area (Å²) in [6.45, 7) is 0.0740. The number of H-pyrrole nitrogens is 1. The number of nitrogens with one attached hydrogen (secondary N) is 2. The maximum Gasteiger partial charge on any atom is 0.269 e. The zero-order valence-corrected chi connectivity index (χ0v) is 11.3. The van der Waals surface area contributed by atoms with Crippen molar-refractivity contribution in [1.82, 2.24) is 15.5 Å². The number of aromatic amines is 1. The summed E-state index contributed by atoms with van der Waals surface area (Å²) < 4.78 is 0. The van der Waals surface area contributed by atoms with Crippen LogP contribution in [0.2, 0.25) is 10.0 Å². The average molecular weight is 300 g/mol. The molecule has 2 rings (SSSR count). The number of aliphatic hydroxyl groups excluding tert-OH is 1. The number of rotatable bonds is 4. The number of amides is 1. The van der Waals surface area contributed by atoms with E-state index in [2.05, 4.69) is 15.5 Å². The summed E-state index contributed by atoms with van der Waals surface area (Å²) in [5, 5.41) is 18.8. The number of aromatic nitrogens is 2. The largest absolute Gasteiger partial charge is 0.395 e. The predicted octanol–water partition coefficient (Wildman–Crippen LogP) is 2.11. The van der Waals surface area contributed by atoms with Crippen LogP contribution < -0.4 is 5.32 Å². The Morgan fingerprint density at radius 2 is 2.16 bits per heavy atom. The molecule has 0 saturated carbocycles. The second-order valence-electron chi connectivity index (χ2n) is 3.77. The molecule has 19 heavy (non-hydrogen) atoms. The third kappa shape index (κ3) is 3.26. The SMILES string of the molecule is O=C(NCCO)c1cc(-c2ccc(Cl)cc2Cl)n[nH]1. The monoisotopic (exact) mass is 299 g/mol. The lowest BCUT2D eigenvalue weighted by atomic mass is 10.1. The van der Waals surface area contributed by atoms with Crippen LogP contribution in [0.1, 0.15) is 10.5 Å². The Morgan fingerprint density at radius 3 is 2.84 bits per heavy atom. The summed E-state index contributed by atoms with van der Waals surface area (Å²) in [5.41, 5.74) is 1.54. The molecular weight excluding hydrogens is 289 g/mol. The Labute approximate surface area is 119 Å². The highest BCUT2D eigenvalue weighted by atomic mass is 35.5. The fraction of sp³-hybridized carbons (Fsp3) is 0.167. The quantitative estimate of drug-likeness (QED) is 0.809. The molecule has 1 amide bonds. The number of halogens is 2. The van der Waals surface area contributed by atoms with Crippen LogP contribution in [0.3, 0.4) is 0 Å². The lowest BCUT2D eigenvalue weighted by molar-refractivity contribution is 0.0940. The van der Waals surface area contributed by atoms with Crippen molar-refractivity contribution in [3.63, 3.8) is 0 Å². The topological polar surface area (TPSA) is 78.0 Å². The molecule has 0 aliphatic heterocycles. The second kappa shape index (κ2) is 6.06. The fourth-order valence-electron chi connectivity index (χ4n) is 1.54. The first kappa shape index (κ1) is 13.9. The number of carbonyl (C=O) groups excluding carboxylic acids is 1. The zero-order chi connectivity index (χ0) is 13.8. The van der Waals surface area contributed by atoms with Gasteiger partial charge in [0.25, 0.3) is 5.91 Å². The van der Waals surface area contributed by atoms with Crippen molar-refractivity contribution < 1.29 is 9.90 Å². The van der Waals surface area contributed by atoms with Gasteiger partial charge in [-0.15, -0.1) is 0 Å². The Morgan fingerprint density at radius 1 is 1.37 bits per heavy atom. The van der Waals surface area contributed by atoms with Crippen molar-refractivity contribution in [2.75, 3.05) is 13.2 Å². The third-order valence-electron chi connectivity index (χ3n) is 2.43. The third-order valence-corrected chi connectivity index (χ3v) is 2.97. The Bertz CT molecular complexity index is 598. The Balaban J connectivity index is 2.23. The van der Waals surface area contributed by atoms with Gasteiger partial charge in [-0.25, -0.2) is 0 Å². The van der Waals surface area contributed by atoms with E-state index >= 15 is 0 Å². The van der Waals surface area contributed by atoms with Gasteiger partial charge in [0.15, 0.2) is 0 Å². The molecule has 1 aromatic heterocycles. The Hall–Kier alpha value is -1.56. The molecule has 5 nitrogen and oxygen atoms in total. The van der Waals surface area contributed by atoms with E-state index in [1.807, 2.05) is 0 Å². The molecule has 2 aromatic rings. The number of nitrogens with zero attached hydrogens (tertiary/aromatic N) is 1. The van der Waals surface area contributed by atoms with E-state index in [1.54, 1.807) is 24.3 Å². The van der Waals surface area contributed by atoms with Crippen LogP contribution in [0.25, 0.3) is 11.3 Å². The Kier molecular flexibility index (Phi) is 4.42.